The van der Waals surface area contributed by atoms with Gasteiger partial charge in [0.2, 0.25) is 5.78 Å². The fourth-order valence-corrected chi connectivity index (χ4v) is 1.53. The summed E-state index contributed by atoms with van der Waals surface area (Å²) in [6.45, 7) is 4.76. The summed E-state index contributed by atoms with van der Waals surface area (Å²) in [5.41, 5.74) is 0.449. The molecule has 0 atom stereocenters. The van der Waals surface area contributed by atoms with E-state index < -0.39 is 0 Å². The van der Waals surface area contributed by atoms with Crippen LogP contribution < -0.4 is 4.74 Å². The normalized spacial score (nSPS) is 10.9. The first-order valence-corrected chi connectivity index (χ1v) is 5.83. The summed E-state index contributed by atoms with van der Waals surface area (Å²) in [6.07, 6.45) is 1.54. The minimum atomic E-state index is -0.144. The van der Waals surface area contributed by atoms with Crippen molar-refractivity contribution in [3.8, 4) is 5.75 Å². The Morgan fingerprint density at radius 1 is 1.39 bits per heavy atom. The second-order valence-corrected chi connectivity index (χ2v) is 4.07. The van der Waals surface area contributed by atoms with Gasteiger partial charge in [0.05, 0.1) is 26.5 Å². The molecule has 18 heavy (non-hydrogen) atoms. The zero-order valence-electron chi connectivity index (χ0n) is 11.3. The summed E-state index contributed by atoms with van der Waals surface area (Å²) < 4.78 is 16.8. The molecule has 0 radical (unpaired) electrons. The summed E-state index contributed by atoms with van der Waals surface area (Å²) in [7, 11) is 3.10. The van der Waals surface area contributed by atoms with Crippen molar-refractivity contribution in [2.24, 2.45) is 0 Å². The van der Waals surface area contributed by atoms with Crippen LogP contribution in [0.4, 0.5) is 0 Å². The second-order valence-electron chi connectivity index (χ2n) is 4.07. The monoisotopic (exact) mass is 256 g/mol. The van der Waals surface area contributed by atoms with Crippen molar-refractivity contribution in [1.29, 1.82) is 0 Å². The van der Waals surface area contributed by atoms with Gasteiger partial charge < -0.3 is 14.2 Å². The summed E-state index contributed by atoms with van der Waals surface area (Å²) in [5, 5.41) is 4.14. The molecule has 1 heterocycles. The Morgan fingerprint density at radius 2 is 2.11 bits per heavy atom. The molecule has 0 N–H and O–H groups in total. The summed E-state index contributed by atoms with van der Waals surface area (Å²) in [6, 6.07) is 0.0897. The van der Waals surface area contributed by atoms with Gasteiger partial charge in [-0.25, -0.2) is 0 Å². The molecule has 0 aromatic carbocycles. The van der Waals surface area contributed by atoms with Crippen LogP contribution in [0.3, 0.4) is 0 Å². The maximum absolute atomic E-state index is 12.1. The van der Waals surface area contributed by atoms with Gasteiger partial charge in [-0.1, -0.05) is 0 Å². The van der Waals surface area contributed by atoms with E-state index in [1.165, 1.54) is 7.11 Å². The number of ketones is 1. The van der Waals surface area contributed by atoms with Crippen LogP contribution in [0.5, 0.6) is 5.75 Å². The minimum absolute atomic E-state index is 0.00185. The van der Waals surface area contributed by atoms with Crippen LogP contribution in [0, 0.1) is 0 Å². The molecule has 0 saturated heterocycles. The van der Waals surface area contributed by atoms with E-state index in [4.69, 9.17) is 14.2 Å². The van der Waals surface area contributed by atoms with Gasteiger partial charge in [-0.05, 0) is 13.8 Å². The number of aromatic nitrogens is 2. The molecule has 0 fully saturated rings. The third kappa shape index (κ3) is 3.54. The molecule has 1 aromatic rings. The molecule has 1 rings (SSSR count). The van der Waals surface area contributed by atoms with Crippen LogP contribution in [0.1, 0.15) is 30.4 Å². The molecular formula is C12H20N2O4. The first kappa shape index (κ1) is 14.7. The average Bonchev–Trinajstić information content (AvgIpc) is 2.78. The Morgan fingerprint density at radius 3 is 2.67 bits per heavy atom. The van der Waals surface area contributed by atoms with E-state index in [2.05, 4.69) is 5.10 Å². The molecule has 102 valence electrons. The first-order chi connectivity index (χ1) is 8.61. The Kier molecular flexibility index (Phi) is 5.80. The number of hydrogen-bond acceptors (Lipinski definition) is 5. The van der Waals surface area contributed by atoms with Gasteiger partial charge in [0.1, 0.15) is 12.3 Å². The topological polar surface area (TPSA) is 62.6 Å². The van der Waals surface area contributed by atoms with Crippen molar-refractivity contribution in [1.82, 2.24) is 9.78 Å². The number of Topliss-reactive ketones (excluding diaryl/α,β-unsaturated/α-hetero) is 1. The summed E-state index contributed by atoms with van der Waals surface area (Å²) in [5.74, 6) is 0.332. The number of hydrogen-bond donors (Lipinski definition) is 0. The van der Waals surface area contributed by atoms with Gasteiger partial charge in [-0.2, -0.15) is 5.10 Å². The van der Waals surface area contributed by atoms with E-state index in [9.17, 15) is 4.79 Å². The predicted molar refractivity (Wildman–Crippen MR) is 66.2 cm³/mol. The molecule has 1 aromatic heterocycles. The zero-order valence-corrected chi connectivity index (χ0v) is 11.3. The van der Waals surface area contributed by atoms with Gasteiger partial charge in [0.15, 0.2) is 5.75 Å². The summed E-state index contributed by atoms with van der Waals surface area (Å²) in [4.78, 5) is 12.1. The Bertz CT molecular complexity index is 387. The van der Waals surface area contributed by atoms with E-state index in [0.717, 1.165) is 0 Å². The smallest absolute Gasteiger partial charge is 0.210 e. The quantitative estimate of drug-likeness (QED) is 0.518. The van der Waals surface area contributed by atoms with Crippen LogP contribution in [0.25, 0.3) is 0 Å². The highest BCUT2D eigenvalue weighted by atomic mass is 16.5. The number of nitrogens with zero attached hydrogens (tertiary/aromatic N) is 2. The highest BCUT2D eigenvalue weighted by molar-refractivity contribution is 5.98. The van der Waals surface area contributed by atoms with Crippen molar-refractivity contribution in [3.63, 3.8) is 0 Å². The van der Waals surface area contributed by atoms with Gasteiger partial charge in [-0.15, -0.1) is 0 Å². The van der Waals surface area contributed by atoms with Gasteiger partial charge >= 0.3 is 0 Å². The highest BCUT2D eigenvalue weighted by Gasteiger charge is 2.20. The lowest BCUT2D eigenvalue weighted by Crippen LogP contribution is -2.18. The van der Waals surface area contributed by atoms with Crippen molar-refractivity contribution >= 4 is 5.78 Å². The second kappa shape index (κ2) is 7.13. The van der Waals surface area contributed by atoms with Crippen molar-refractivity contribution in [2.45, 2.75) is 19.9 Å². The van der Waals surface area contributed by atoms with Crippen LogP contribution in [0.2, 0.25) is 0 Å². The van der Waals surface area contributed by atoms with Crippen molar-refractivity contribution < 1.29 is 19.0 Å². The van der Waals surface area contributed by atoms with Crippen LogP contribution in [-0.2, 0) is 9.47 Å². The molecule has 0 unspecified atom stereocenters. The van der Waals surface area contributed by atoms with Crippen molar-refractivity contribution in [2.75, 3.05) is 34.0 Å². The molecule has 0 bridgehead atoms. The minimum Gasteiger partial charge on any atom is -0.493 e. The number of methoxy groups -OCH3 is 2. The Hall–Kier alpha value is -1.40. The van der Waals surface area contributed by atoms with Gasteiger partial charge in [0.25, 0.3) is 0 Å². The number of ether oxygens (including phenoxy) is 3. The lowest BCUT2D eigenvalue weighted by molar-refractivity contribution is 0.0566. The Labute approximate surface area is 107 Å². The molecule has 0 aliphatic rings. The molecular weight excluding hydrogens is 236 g/mol. The fourth-order valence-electron chi connectivity index (χ4n) is 1.53. The van der Waals surface area contributed by atoms with E-state index in [-0.39, 0.29) is 18.4 Å². The zero-order chi connectivity index (χ0) is 13.5. The predicted octanol–water partition coefficient (Wildman–Crippen LogP) is 1.32. The lowest BCUT2D eigenvalue weighted by Gasteiger charge is -2.11. The fraction of sp³-hybridized carbons (Fsp3) is 0.667. The largest absolute Gasteiger partial charge is 0.493 e. The van der Waals surface area contributed by atoms with Crippen LogP contribution >= 0.6 is 0 Å². The van der Waals surface area contributed by atoms with E-state index in [0.29, 0.717) is 24.7 Å². The molecule has 0 spiro atoms. The van der Waals surface area contributed by atoms with Crippen LogP contribution in [0.15, 0.2) is 6.20 Å². The van der Waals surface area contributed by atoms with E-state index in [1.54, 1.807) is 18.0 Å². The van der Waals surface area contributed by atoms with Gasteiger partial charge in [0, 0.05) is 13.2 Å². The number of rotatable bonds is 8. The maximum atomic E-state index is 12.1. The molecule has 0 aliphatic heterocycles. The number of carbonyl (C=O) groups excluding carboxylic acids is 1. The summed E-state index contributed by atoms with van der Waals surface area (Å²) >= 11 is 0. The van der Waals surface area contributed by atoms with Gasteiger partial charge in [-0.3, -0.25) is 9.48 Å². The Balaban J connectivity index is 2.73. The standard InChI is InChI=1S/C12H20N2O4/c1-9(2)14-12(11(17-4)7-13-14)10(15)8-18-6-5-16-3/h7,9H,5-6,8H2,1-4H3. The van der Waals surface area contributed by atoms with Crippen molar-refractivity contribution in [3.05, 3.63) is 11.9 Å². The highest BCUT2D eigenvalue weighted by Crippen LogP contribution is 2.21. The first-order valence-electron chi connectivity index (χ1n) is 5.83. The average molecular weight is 256 g/mol. The third-order valence-corrected chi connectivity index (χ3v) is 2.40. The SMILES string of the molecule is COCCOCC(=O)c1c(OC)cnn1C(C)C. The molecule has 0 aliphatic carbocycles. The lowest BCUT2D eigenvalue weighted by atomic mass is 10.2. The number of carbonyl (C=O) groups is 1. The van der Waals surface area contributed by atoms with Crippen LogP contribution in [-0.4, -0.2) is 49.6 Å². The van der Waals surface area contributed by atoms with E-state index in [1.807, 2.05) is 13.8 Å². The molecule has 0 amide bonds. The molecule has 0 saturated carbocycles. The molecule has 6 heteroatoms. The molecule has 6 nitrogen and oxygen atoms in total. The van der Waals surface area contributed by atoms with E-state index >= 15 is 0 Å². The third-order valence-electron chi connectivity index (χ3n) is 2.40. The maximum Gasteiger partial charge on any atom is 0.210 e.